The lowest BCUT2D eigenvalue weighted by atomic mass is 9.88. The van der Waals surface area contributed by atoms with Crippen molar-refractivity contribution < 1.29 is 14.7 Å². The van der Waals surface area contributed by atoms with Crippen LogP contribution in [0.1, 0.15) is 58.8 Å². The van der Waals surface area contributed by atoms with Crippen LogP contribution in [-0.2, 0) is 9.59 Å². The molecule has 0 bridgehead atoms. The van der Waals surface area contributed by atoms with E-state index < -0.39 is 12.0 Å². The molecule has 0 aliphatic carbocycles. The van der Waals surface area contributed by atoms with E-state index in [1.165, 1.54) is 0 Å². The van der Waals surface area contributed by atoms with Crippen LogP contribution in [0, 0.1) is 11.8 Å². The van der Waals surface area contributed by atoms with Crippen LogP contribution in [0.25, 0.3) is 0 Å². The van der Waals surface area contributed by atoms with Crippen LogP contribution < -0.4 is 5.73 Å². The molecule has 0 spiro atoms. The van der Waals surface area contributed by atoms with Gasteiger partial charge in [-0.2, -0.15) is 0 Å². The molecule has 0 radical (unpaired) electrons. The van der Waals surface area contributed by atoms with Crippen molar-refractivity contribution in [2.45, 2.75) is 64.8 Å². The Morgan fingerprint density at radius 1 is 1.24 bits per heavy atom. The van der Waals surface area contributed by atoms with Crippen LogP contribution in [0.5, 0.6) is 0 Å². The average molecular weight is 298 g/mol. The minimum Gasteiger partial charge on any atom is -0.480 e. The van der Waals surface area contributed by atoms with Gasteiger partial charge in [0, 0.05) is 13.0 Å². The molecule has 21 heavy (non-hydrogen) atoms. The van der Waals surface area contributed by atoms with Gasteiger partial charge in [-0.3, -0.25) is 4.79 Å². The lowest BCUT2D eigenvalue weighted by Crippen LogP contribution is -2.44. The van der Waals surface area contributed by atoms with Gasteiger partial charge < -0.3 is 15.7 Å². The summed E-state index contributed by atoms with van der Waals surface area (Å²) in [6.07, 6.45) is 5.55. The Hall–Kier alpha value is -1.10. The molecule has 1 amide bonds. The molecule has 0 aromatic heterocycles. The Morgan fingerprint density at radius 3 is 2.52 bits per heavy atom. The van der Waals surface area contributed by atoms with Crippen molar-refractivity contribution in [1.29, 1.82) is 0 Å². The number of carbonyl (C=O) groups excluding carboxylic acids is 1. The van der Waals surface area contributed by atoms with Gasteiger partial charge >= 0.3 is 5.97 Å². The highest BCUT2D eigenvalue weighted by Crippen LogP contribution is 2.23. The number of carbonyl (C=O) groups is 2. The maximum atomic E-state index is 12.4. The quantitative estimate of drug-likeness (QED) is 0.755. The second-order valence-electron chi connectivity index (χ2n) is 6.41. The number of nitrogens with zero attached hydrogens (tertiary/aromatic N) is 1. The summed E-state index contributed by atoms with van der Waals surface area (Å²) in [4.78, 5) is 25.4. The van der Waals surface area contributed by atoms with Crippen LogP contribution in [0.2, 0.25) is 0 Å². The van der Waals surface area contributed by atoms with Crippen molar-refractivity contribution in [3.63, 3.8) is 0 Å². The molecule has 1 saturated heterocycles. The zero-order chi connectivity index (χ0) is 15.8. The monoisotopic (exact) mass is 298 g/mol. The Kier molecular flexibility index (Phi) is 7.72. The van der Waals surface area contributed by atoms with Crippen molar-refractivity contribution >= 4 is 11.9 Å². The number of rotatable bonds is 7. The molecule has 1 fully saturated rings. The highest BCUT2D eigenvalue weighted by atomic mass is 16.4. The molecule has 1 heterocycles. The largest absolute Gasteiger partial charge is 0.480 e. The first kappa shape index (κ1) is 18.0. The highest BCUT2D eigenvalue weighted by molar-refractivity contribution is 5.83. The summed E-state index contributed by atoms with van der Waals surface area (Å²) in [6, 6.07) is -0.632. The number of likely N-dealkylation sites (tertiary alicyclic amines) is 1. The van der Waals surface area contributed by atoms with E-state index in [2.05, 4.69) is 13.8 Å². The van der Waals surface area contributed by atoms with E-state index in [0.29, 0.717) is 37.8 Å². The van der Waals surface area contributed by atoms with E-state index in [-0.39, 0.29) is 5.91 Å². The molecule has 122 valence electrons. The molecule has 5 nitrogen and oxygen atoms in total. The molecule has 1 aliphatic heterocycles. The molecule has 0 saturated carbocycles. The van der Waals surface area contributed by atoms with Gasteiger partial charge in [-0.15, -0.1) is 0 Å². The van der Waals surface area contributed by atoms with E-state index in [9.17, 15) is 14.7 Å². The normalized spacial score (nSPS) is 21.1. The lowest BCUT2D eigenvalue weighted by Gasteiger charge is -2.28. The van der Waals surface area contributed by atoms with Crippen LogP contribution in [0.15, 0.2) is 0 Å². The molecule has 1 aliphatic rings. The molecule has 2 atom stereocenters. The number of amides is 1. The van der Waals surface area contributed by atoms with Crippen molar-refractivity contribution in [1.82, 2.24) is 4.90 Å². The van der Waals surface area contributed by atoms with Gasteiger partial charge in [-0.25, -0.2) is 4.79 Å². The standard InChI is InChI=1S/C16H30N2O3/c1-12(2)13(9-10-17)7-8-15(19)18-11-5-3-4-6-14(18)16(20)21/h12-14H,3-11,17H2,1-2H3,(H,20,21). The van der Waals surface area contributed by atoms with E-state index in [0.717, 1.165) is 32.1 Å². The molecule has 3 N–H and O–H groups in total. The second-order valence-corrected chi connectivity index (χ2v) is 6.41. The highest BCUT2D eigenvalue weighted by Gasteiger charge is 2.30. The summed E-state index contributed by atoms with van der Waals surface area (Å²) in [7, 11) is 0. The summed E-state index contributed by atoms with van der Waals surface area (Å²) >= 11 is 0. The number of hydrogen-bond acceptors (Lipinski definition) is 3. The third-order valence-corrected chi connectivity index (χ3v) is 4.57. The Labute approximate surface area is 127 Å². The fraction of sp³-hybridized carbons (Fsp3) is 0.875. The zero-order valence-electron chi connectivity index (χ0n) is 13.4. The van der Waals surface area contributed by atoms with E-state index >= 15 is 0 Å². The SMILES string of the molecule is CC(C)C(CCN)CCC(=O)N1CCCCCC1C(=O)O. The Bertz CT molecular complexity index is 344. The first-order chi connectivity index (χ1) is 9.97. The first-order valence-electron chi connectivity index (χ1n) is 8.19. The number of carboxylic acids is 1. The third-order valence-electron chi connectivity index (χ3n) is 4.57. The van der Waals surface area contributed by atoms with Gasteiger partial charge in [0.2, 0.25) is 5.91 Å². The first-order valence-corrected chi connectivity index (χ1v) is 8.19. The molecule has 0 aromatic carbocycles. The lowest BCUT2D eigenvalue weighted by molar-refractivity contribution is -0.150. The van der Waals surface area contributed by atoms with Crippen molar-refractivity contribution in [2.24, 2.45) is 17.6 Å². The van der Waals surface area contributed by atoms with E-state index in [1.807, 2.05) is 0 Å². The number of carboxylic acid groups (broad SMARTS) is 1. The maximum absolute atomic E-state index is 12.4. The summed E-state index contributed by atoms with van der Waals surface area (Å²) in [5, 5.41) is 9.32. The van der Waals surface area contributed by atoms with Gasteiger partial charge in [-0.1, -0.05) is 26.7 Å². The maximum Gasteiger partial charge on any atom is 0.326 e. The van der Waals surface area contributed by atoms with Gasteiger partial charge in [-0.05, 0) is 44.1 Å². The Balaban J connectivity index is 2.60. The third kappa shape index (κ3) is 5.65. The predicted molar refractivity (Wildman–Crippen MR) is 82.8 cm³/mol. The molecule has 5 heteroatoms. The van der Waals surface area contributed by atoms with Gasteiger partial charge in [0.25, 0.3) is 0 Å². The summed E-state index contributed by atoms with van der Waals surface area (Å²) in [6.45, 7) is 5.52. The minimum atomic E-state index is -0.868. The molecule has 0 aromatic rings. The fourth-order valence-electron chi connectivity index (χ4n) is 3.14. The second kappa shape index (κ2) is 9.03. The van der Waals surface area contributed by atoms with Gasteiger partial charge in [0.15, 0.2) is 0 Å². The van der Waals surface area contributed by atoms with Crippen molar-refractivity contribution in [3.8, 4) is 0 Å². The predicted octanol–water partition coefficient (Wildman–Crippen LogP) is 2.24. The number of hydrogen-bond donors (Lipinski definition) is 2. The van der Waals surface area contributed by atoms with Crippen LogP contribution in [0.4, 0.5) is 0 Å². The summed E-state index contributed by atoms with van der Waals surface area (Å²) in [5.74, 6) is 0.0644. The van der Waals surface area contributed by atoms with Crippen LogP contribution in [-0.4, -0.2) is 41.0 Å². The Morgan fingerprint density at radius 2 is 1.95 bits per heavy atom. The van der Waals surface area contributed by atoms with Crippen molar-refractivity contribution in [3.05, 3.63) is 0 Å². The minimum absolute atomic E-state index is 0.00743. The number of nitrogens with two attached hydrogens (primary N) is 1. The zero-order valence-corrected chi connectivity index (χ0v) is 13.4. The van der Waals surface area contributed by atoms with Crippen LogP contribution >= 0.6 is 0 Å². The van der Waals surface area contributed by atoms with Gasteiger partial charge in [0.1, 0.15) is 6.04 Å². The van der Waals surface area contributed by atoms with E-state index in [4.69, 9.17) is 5.73 Å². The molecule has 1 rings (SSSR count). The fourth-order valence-corrected chi connectivity index (χ4v) is 3.14. The summed E-state index contributed by atoms with van der Waals surface area (Å²) in [5.41, 5.74) is 5.63. The molecular weight excluding hydrogens is 268 g/mol. The molecule has 2 unspecified atom stereocenters. The molecular formula is C16H30N2O3. The van der Waals surface area contributed by atoms with E-state index in [1.54, 1.807) is 4.90 Å². The number of aliphatic carboxylic acids is 1. The van der Waals surface area contributed by atoms with Crippen LogP contribution in [0.3, 0.4) is 0 Å². The summed E-state index contributed by atoms with van der Waals surface area (Å²) < 4.78 is 0. The topological polar surface area (TPSA) is 83.6 Å². The average Bonchev–Trinajstić information content (AvgIpc) is 2.68. The van der Waals surface area contributed by atoms with Crippen molar-refractivity contribution in [2.75, 3.05) is 13.1 Å². The van der Waals surface area contributed by atoms with Gasteiger partial charge in [0.05, 0.1) is 0 Å². The smallest absolute Gasteiger partial charge is 0.326 e.